The van der Waals surface area contributed by atoms with E-state index in [1.807, 2.05) is 110 Å². The predicted molar refractivity (Wildman–Crippen MR) is 171 cm³/mol. The first kappa shape index (κ1) is 29.4. The molecule has 1 aliphatic rings. The number of pyridine rings is 1. The van der Waals surface area contributed by atoms with Gasteiger partial charge >= 0.3 is 5.82 Å². The Bertz CT molecular complexity index is 1320. The summed E-state index contributed by atoms with van der Waals surface area (Å²) in [7, 11) is 11.9. The number of hydrogen-bond acceptors (Lipinski definition) is 9. The molecule has 0 saturated heterocycles. The molecule has 40 heavy (non-hydrogen) atoms. The second-order valence-corrected chi connectivity index (χ2v) is 12.2. The summed E-state index contributed by atoms with van der Waals surface area (Å²) in [5.74, 6) is 2.81. The van der Waals surface area contributed by atoms with Crippen molar-refractivity contribution in [1.29, 1.82) is 0 Å². The molecule has 0 fully saturated rings. The lowest BCUT2D eigenvalue weighted by Crippen LogP contribution is -2.34. The Kier molecular flexibility index (Phi) is 11.2. The van der Waals surface area contributed by atoms with Crippen LogP contribution < -0.4 is 14.4 Å². The molecule has 0 aliphatic carbocycles. The maximum Gasteiger partial charge on any atom is 0.350 e. The first-order valence-electron chi connectivity index (χ1n) is 13.2. The van der Waals surface area contributed by atoms with Crippen LogP contribution in [0.25, 0.3) is 0 Å². The van der Waals surface area contributed by atoms with Gasteiger partial charge in [-0.2, -0.15) is 10.2 Å². The van der Waals surface area contributed by atoms with E-state index in [4.69, 9.17) is 0 Å². The molecule has 2 aromatic carbocycles. The van der Waals surface area contributed by atoms with Gasteiger partial charge in [-0.15, -0.1) is 0 Å². The van der Waals surface area contributed by atoms with Crippen LogP contribution in [0.15, 0.2) is 118 Å². The third kappa shape index (κ3) is 8.96. The molecule has 208 valence electrons. The average molecular weight is 574 g/mol. The predicted octanol–water partition coefficient (Wildman–Crippen LogP) is 7.40. The van der Waals surface area contributed by atoms with E-state index in [0.717, 1.165) is 53.2 Å². The molecular weight excluding hydrogens is 537 g/mol. The third-order valence-corrected chi connectivity index (χ3v) is 8.52. The van der Waals surface area contributed by atoms with Crippen molar-refractivity contribution in [3.05, 3.63) is 97.4 Å². The Balaban J connectivity index is 1.21. The van der Waals surface area contributed by atoms with E-state index in [0.29, 0.717) is 0 Å². The fourth-order valence-electron chi connectivity index (χ4n) is 3.85. The molecule has 0 spiro atoms. The van der Waals surface area contributed by atoms with Gasteiger partial charge in [0.15, 0.2) is 6.17 Å². The summed E-state index contributed by atoms with van der Waals surface area (Å²) in [6.45, 7) is 1.76. The van der Waals surface area contributed by atoms with Crippen LogP contribution in [0.5, 0.6) is 0 Å². The lowest BCUT2D eigenvalue weighted by atomic mass is 10.3. The van der Waals surface area contributed by atoms with Crippen LogP contribution in [0, 0.1) is 0 Å². The van der Waals surface area contributed by atoms with E-state index in [1.165, 1.54) is 0 Å². The lowest BCUT2D eigenvalue weighted by molar-refractivity contribution is -0.679. The van der Waals surface area contributed by atoms with Crippen LogP contribution in [-0.4, -0.2) is 57.3 Å². The fraction of sp³-hybridized carbons (Fsp3) is 0.300. The monoisotopic (exact) mass is 573 g/mol. The summed E-state index contributed by atoms with van der Waals surface area (Å²) < 4.78 is 2.14. The molecule has 0 bridgehead atoms. The van der Waals surface area contributed by atoms with Gasteiger partial charge < -0.3 is 14.7 Å². The Labute approximate surface area is 245 Å². The number of benzene rings is 2. The number of aromatic nitrogens is 1. The molecule has 0 radical (unpaired) electrons. The van der Waals surface area contributed by atoms with Gasteiger partial charge in [0.25, 0.3) is 0 Å². The summed E-state index contributed by atoms with van der Waals surface area (Å²) in [4.78, 5) is 6.36. The molecule has 0 amide bonds. The first-order valence-corrected chi connectivity index (χ1v) is 15.7. The van der Waals surface area contributed by atoms with Gasteiger partial charge in [0.1, 0.15) is 12.2 Å². The zero-order valence-electron chi connectivity index (χ0n) is 23.5. The summed E-state index contributed by atoms with van der Waals surface area (Å²) in [6.07, 6.45) is 10.2. The number of nitrogens with zero attached hydrogens (tertiary/aromatic N) is 8. The van der Waals surface area contributed by atoms with Gasteiger partial charge in [0.05, 0.1) is 17.0 Å². The van der Waals surface area contributed by atoms with Crippen LogP contribution in [0.3, 0.4) is 0 Å². The summed E-state index contributed by atoms with van der Waals surface area (Å²) >= 11 is 0. The minimum atomic E-state index is -0.0870. The van der Waals surface area contributed by atoms with Gasteiger partial charge in [-0.1, -0.05) is 33.7 Å². The molecule has 1 aliphatic heterocycles. The Morgan fingerprint density at radius 3 is 2.08 bits per heavy atom. The quantitative estimate of drug-likeness (QED) is 0.0923. The van der Waals surface area contributed by atoms with Gasteiger partial charge in [-0.25, -0.2) is 4.57 Å². The Hall–Kier alpha value is -3.63. The van der Waals surface area contributed by atoms with E-state index in [1.54, 1.807) is 0 Å². The summed E-state index contributed by atoms with van der Waals surface area (Å²) in [6, 6.07) is 22.2. The summed E-state index contributed by atoms with van der Waals surface area (Å²) in [5, 5.41) is 18.0. The molecule has 4 rings (SSSR count). The van der Waals surface area contributed by atoms with Crippen molar-refractivity contribution in [3.63, 3.8) is 0 Å². The second-order valence-electron chi connectivity index (χ2n) is 9.51. The number of rotatable bonds is 13. The smallest absolute Gasteiger partial charge is 0.350 e. The van der Waals surface area contributed by atoms with Gasteiger partial charge in [0, 0.05) is 69.9 Å². The van der Waals surface area contributed by atoms with Crippen molar-refractivity contribution in [1.82, 2.24) is 4.90 Å². The number of aryl methyl sites for hydroxylation is 1. The maximum atomic E-state index is 4.58. The third-order valence-electron chi connectivity index (χ3n) is 6.15. The normalized spacial score (nSPS) is 14.9. The summed E-state index contributed by atoms with van der Waals surface area (Å²) in [5.41, 5.74) is 3.99. The molecule has 10 heteroatoms. The van der Waals surface area contributed by atoms with Crippen molar-refractivity contribution in [2.75, 3.05) is 56.0 Å². The van der Waals surface area contributed by atoms with Crippen LogP contribution in [-0.2, 0) is 6.54 Å². The largest absolute Gasteiger partial charge is 0.378 e. The van der Waals surface area contributed by atoms with Crippen molar-refractivity contribution in [2.24, 2.45) is 20.5 Å². The molecule has 8 nitrogen and oxygen atoms in total. The maximum absolute atomic E-state index is 4.58. The highest BCUT2D eigenvalue weighted by molar-refractivity contribution is 8.76. The van der Waals surface area contributed by atoms with Crippen molar-refractivity contribution in [3.8, 4) is 0 Å². The molecular formula is C30H37N8S2+. The van der Waals surface area contributed by atoms with Gasteiger partial charge in [-0.3, -0.25) is 0 Å². The van der Waals surface area contributed by atoms with E-state index in [9.17, 15) is 0 Å². The van der Waals surface area contributed by atoms with Crippen LogP contribution in [0.4, 0.5) is 28.6 Å². The highest BCUT2D eigenvalue weighted by Crippen LogP contribution is 2.24. The minimum absolute atomic E-state index is 0.0870. The van der Waals surface area contributed by atoms with E-state index < -0.39 is 0 Å². The Morgan fingerprint density at radius 1 is 0.750 bits per heavy atom. The fourth-order valence-corrected chi connectivity index (χ4v) is 5.79. The number of azo groups is 2. The van der Waals surface area contributed by atoms with Crippen molar-refractivity contribution in [2.45, 2.75) is 12.7 Å². The standard InChI is InChI=1S/C30H37N8S2/c1-35(2)27-15-11-25(12-16-27)31-33-29-9-5-7-19-37(29)21-23-39-40-24-22-38-20-8-6-10-30(38)34-32-26-13-17-28(18-14-26)36(3)4/h5-20,29H,21-24H2,1-4H3/q+1/b33-31+. The molecule has 2 heterocycles. The lowest BCUT2D eigenvalue weighted by Gasteiger charge is -2.26. The number of anilines is 2. The SMILES string of the molecule is CN(C)c1ccc(/N=N/c2cccc[n+]2CCSSCCN2C=CC=CC2/N=N/c2ccc(N(C)C)cc2)cc1. The molecule has 0 N–H and O–H groups in total. The molecule has 1 unspecified atom stereocenters. The highest BCUT2D eigenvalue weighted by Gasteiger charge is 2.14. The molecule has 0 saturated carbocycles. The Morgan fingerprint density at radius 2 is 1.40 bits per heavy atom. The average Bonchev–Trinajstić information content (AvgIpc) is 2.98. The highest BCUT2D eigenvalue weighted by atomic mass is 33.1. The second kappa shape index (κ2) is 15.2. The van der Waals surface area contributed by atoms with E-state index >= 15 is 0 Å². The van der Waals surface area contributed by atoms with Crippen LogP contribution in [0.1, 0.15) is 0 Å². The first-order chi connectivity index (χ1) is 19.5. The number of hydrogen-bond donors (Lipinski definition) is 0. The van der Waals surface area contributed by atoms with E-state index in [-0.39, 0.29) is 6.17 Å². The molecule has 3 aromatic rings. The van der Waals surface area contributed by atoms with Crippen molar-refractivity contribution < 1.29 is 4.57 Å². The topological polar surface area (TPSA) is 63.0 Å². The van der Waals surface area contributed by atoms with Gasteiger partial charge in [-0.05, 0) is 71.9 Å². The van der Waals surface area contributed by atoms with Gasteiger partial charge in [0.2, 0.25) is 0 Å². The van der Waals surface area contributed by atoms with Crippen molar-refractivity contribution >= 4 is 50.2 Å². The van der Waals surface area contributed by atoms with Crippen LogP contribution in [0.2, 0.25) is 0 Å². The van der Waals surface area contributed by atoms with Crippen LogP contribution >= 0.6 is 21.6 Å². The molecule has 1 aromatic heterocycles. The number of allylic oxidation sites excluding steroid dienone is 2. The minimum Gasteiger partial charge on any atom is -0.378 e. The van der Waals surface area contributed by atoms with E-state index in [2.05, 4.69) is 76.4 Å². The zero-order valence-corrected chi connectivity index (χ0v) is 25.2. The molecule has 1 atom stereocenters. The zero-order chi connectivity index (χ0) is 28.2.